The predicted molar refractivity (Wildman–Crippen MR) is 237 cm³/mol. The molecule has 0 aliphatic carbocycles. The maximum absolute atomic E-state index is 13.8. The third-order valence-electron chi connectivity index (χ3n) is 10.8. The van der Waals surface area contributed by atoms with Crippen LogP contribution in [0.25, 0.3) is 22.2 Å². The number of hydrogen-bond acceptors (Lipinski definition) is 13. The van der Waals surface area contributed by atoms with Gasteiger partial charge in [0.2, 0.25) is 0 Å². The van der Waals surface area contributed by atoms with Crippen LogP contribution in [0.5, 0.6) is 0 Å². The van der Waals surface area contributed by atoms with Gasteiger partial charge in [-0.1, -0.05) is 54.6 Å². The molecular formula is C44H47N9O5S2. The topological polar surface area (TPSA) is 159 Å². The van der Waals surface area contributed by atoms with Gasteiger partial charge < -0.3 is 15.0 Å². The summed E-state index contributed by atoms with van der Waals surface area (Å²) in [7, 11) is -4.28. The maximum atomic E-state index is 13.8. The molecule has 6 aromatic rings. The molecule has 60 heavy (non-hydrogen) atoms. The van der Waals surface area contributed by atoms with Crippen molar-refractivity contribution in [3.05, 3.63) is 137 Å². The van der Waals surface area contributed by atoms with E-state index in [1.165, 1.54) is 24.0 Å². The number of sulfonamides is 1. The van der Waals surface area contributed by atoms with Gasteiger partial charge in [0.15, 0.2) is 5.82 Å². The maximum Gasteiger partial charge on any atom is 0.293 e. The summed E-state index contributed by atoms with van der Waals surface area (Å²) in [5, 5.41) is 16.3. The molecule has 1 unspecified atom stereocenters. The highest BCUT2D eigenvalue weighted by Gasteiger charge is 2.26. The molecular weight excluding hydrogens is 799 g/mol. The van der Waals surface area contributed by atoms with Gasteiger partial charge in [-0.2, -0.15) is 0 Å². The number of piperazine rings is 1. The zero-order valence-corrected chi connectivity index (χ0v) is 34.7. The largest absolute Gasteiger partial charge is 0.379 e. The normalized spacial score (nSPS) is 15.8. The molecule has 0 spiro atoms. The molecule has 16 heteroatoms. The number of hydrogen-bond donors (Lipinski definition) is 2. The Kier molecular flexibility index (Phi) is 13.1. The van der Waals surface area contributed by atoms with Crippen LogP contribution in [0, 0.1) is 10.1 Å². The SMILES string of the molecule is O=[N+]([O-])c1cc(S(=O)(=O)Nc2ncnc3cc(N4CCN(Cc5cccnc5-c5ccccc5)CC4)ccc23)ccc1NC(CCN1CCOCC1)CSc1ccccc1. The first-order valence-electron chi connectivity index (χ1n) is 20.1. The predicted octanol–water partition coefficient (Wildman–Crippen LogP) is 7.02. The van der Waals surface area contributed by atoms with Crippen LogP contribution in [0.15, 0.2) is 132 Å². The number of rotatable bonds is 16. The molecule has 2 N–H and O–H groups in total. The summed E-state index contributed by atoms with van der Waals surface area (Å²) >= 11 is 1.67. The Morgan fingerprint density at radius 2 is 1.58 bits per heavy atom. The second kappa shape index (κ2) is 19.2. The lowest BCUT2D eigenvalue weighted by Crippen LogP contribution is -2.46. The number of fused-ring (bicyclic) bond motifs is 1. The molecule has 8 rings (SSSR count). The average molecular weight is 846 g/mol. The molecule has 2 saturated heterocycles. The Balaban J connectivity index is 0.937. The number of morpholine rings is 1. The number of aromatic nitrogens is 3. The van der Waals surface area contributed by atoms with Gasteiger partial charge in [0.05, 0.1) is 34.2 Å². The fourth-order valence-electron chi connectivity index (χ4n) is 7.58. The quantitative estimate of drug-likeness (QED) is 0.0582. The van der Waals surface area contributed by atoms with Crippen LogP contribution >= 0.6 is 11.8 Å². The molecule has 14 nitrogen and oxygen atoms in total. The van der Waals surface area contributed by atoms with Gasteiger partial charge in [-0.3, -0.25) is 29.6 Å². The molecule has 0 saturated carbocycles. The first-order valence-corrected chi connectivity index (χ1v) is 22.5. The van der Waals surface area contributed by atoms with E-state index in [0.717, 1.165) is 86.7 Å². The van der Waals surface area contributed by atoms with Crippen LogP contribution in [-0.2, 0) is 21.3 Å². The lowest BCUT2D eigenvalue weighted by atomic mass is 10.1. The second-order valence-corrected chi connectivity index (χ2v) is 17.6. The fourth-order valence-corrected chi connectivity index (χ4v) is 9.62. The monoisotopic (exact) mass is 845 g/mol. The minimum absolute atomic E-state index is 0.0908. The standard InChI is InChI=1S/C44H47N9O5S2/c54-53(55)42-29-38(14-16-40(42)48-35(17-19-50-24-26-58-27-25-50)31-59-37-11-5-2-6-12-37)60(56,57)49-44-39-15-13-36(28-41(39)46-32-47-44)52-22-20-51(21-23-52)30-34-10-7-18-45-43(34)33-8-3-1-4-9-33/h1-16,18,28-29,32,35,48H,17,19-27,30-31H2,(H,46,47,49). The molecule has 0 bridgehead atoms. The molecule has 2 fully saturated rings. The zero-order valence-electron chi connectivity index (χ0n) is 33.1. The van der Waals surface area contributed by atoms with Crippen molar-refractivity contribution in [2.24, 2.45) is 0 Å². The number of nitrogens with one attached hydrogen (secondary N) is 2. The average Bonchev–Trinajstić information content (AvgIpc) is 3.28. The number of thioether (sulfide) groups is 1. The molecule has 0 radical (unpaired) electrons. The Hall–Kier alpha value is -5.65. The van der Waals surface area contributed by atoms with Crippen LogP contribution in [0.1, 0.15) is 12.0 Å². The van der Waals surface area contributed by atoms with Crippen molar-refractivity contribution in [3.63, 3.8) is 0 Å². The fraction of sp³-hybridized carbons (Fsp3) is 0.295. The summed E-state index contributed by atoms with van der Waals surface area (Å²) < 4.78 is 35.7. The summed E-state index contributed by atoms with van der Waals surface area (Å²) in [4.78, 5) is 33.2. The molecule has 2 aromatic heterocycles. The lowest BCUT2D eigenvalue weighted by Gasteiger charge is -2.36. The molecule has 310 valence electrons. The Morgan fingerprint density at radius 3 is 2.35 bits per heavy atom. The van der Waals surface area contributed by atoms with E-state index in [9.17, 15) is 18.5 Å². The van der Waals surface area contributed by atoms with Crippen molar-refractivity contribution in [2.75, 3.05) is 79.7 Å². The van der Waals surface area contributed by atoms with Gasteiger partial charge in [-0.15, -0.1) is 11.8 Å². The Labute approximate surface area is 354 Å². The first kappa shape index (κ1) is 41.1. The summed E-state index contributed by atoms with van der Waals surface area (Å²) in [6, 6.07) is 33.9. The molecule has 4 heterocycles. The van der Waals surface area contributed by atoms with E-state index in [4.69, 9.17) is 4.74 Å². The first-order chi connectivity index (χ1) is 29.3. The van der Waals surface area contributed by atoms with Crippen LogP contribution in [0.2, 0.25) is 0 Å². The minimum Gasteiger partial charge on any atom is -0.379 e. The number of pyridine rings is 1. The summed E-state index contributed by atoms with van der Waals surface area (Å²) in [5.74, 6) is 0.751. The van der Waals surface area contributed by atoms with Gasteiger partial charge in [0.25, 0.3) is 15.7 Å². The highest BCUT2D eigenvalue weighted by atomic mass is 32.2. The van der Waals surface area contributed by atoms with Gasteiger partial charge in [0, 0.05) is 97.9 Å². The van der Waals surface area contributed by atoms with E-state index in [1.54, 1.807) is 11.8 Å². The Bertz CT molecular complexity index is 2500. The highest BCUT2D eigenvalue weighted by molar-refractivity contribution is 7.99. The summed E-state index contributed by atoms with van der Waals surface area (Å²) in [5.41, 5.74) is 4.78. The number of ether oxygens (including phenoxy) is 1. The van der Waals surface area contributed by atoms with Gasteiger partial charge in [0.1, 0.15) is 12.0 Å². The number of anilines is 3. The molecule has 4 aromatic carbocycles. The highest BCUT2D eigenvalue weighted by Crippen LogP contribution is 2.32. The molecule has 2 aliphatic heterocycles. The van der Waals surface area contributed by atoms with Crippen molar-refractivity contribution in [2.45, 2.75) is 28.8 Å². The Morgan fingerprint density at radius 1 is 0.817 bits per heavy atom. The summed E-state index contributed by atoms with van der Waals surface area (Å²) in [6.07, 6.45) is 3.89. The number of nitro groups is 1. The van der Waals surface area contributed by atoms with Crippen molar-refractivity contribution in [3.8, 4) is 11.3 Å². The van der Waals surface area contributed by atoms with Crippen molar-refractivity contribution < 1.29 is 18.1 Å². The third kappa shape index (κ3) is 10.2. The van der Waals surface area contributed by atoms with Crippen LogP contribution in [0.4, 0.5) is 22.9 Å². The van der Waals surface area contributed by atoms with Crippen molar-refractivity contribution >= 4 is 55.6 Å². The van der Waals surface area contributed by atoms with Crippen LogP contribution in [-0.4, -0.2) is 109 Å². The van der Waals surface area contributed by atoms with E-state index in [1.807, 2.05) is 79.0 Å². The van der Waals surface area contributed by atoms with Crippen LogP contribution < -0.4 is 14.9 Å². The van der Waals surface area contributed by atoms with Crippen molar-refractivity contribution in [1.29, 1.82) is 0 Å². The lowest BCUT2D eigenvalue weighted by molar-refractivity contribution is -0.384. The minimum atomic E-state index is -4.28. The summed E-state index contributed by atoms with van der Waals surface area (Å²) in [6.45, 7) is 7.97. The van der Waals surface area contributed by atoms with E-state index >= 15 is 0 Å². The van der Waals surface area contributed by atoms with Crippen LogP contribution in [0.3, 0.4) is 0 Å². The third-order valence-corrected chi connectivity index (χ3v) is 13.4. The van der Waals surface area contributed by atoms with Crippen molar-refractivity contribution in [1.82, 2.24) is 24.8 Å². The van der Waals surface area contributed by atoms with Gasteiger partial charge in [-0.05, 0) is 60.5 Å². The van der Waals surface area contributed by atoms with E-state index < -0.39 is 14.9 Å². The molecule has 0 amide bonds. The number of nitrogens with zero attached hydrogens (tertiary/aromatic N) is 7. The van der Waals surface area contributed by atoms with Gasteiger partial charge >= 0.3 is 0 Å². The van der Waals surface area contributed by atoms with E-state index in [0.29, 0.717) is 29.9 Å². The molecule has 1 atom stereocenters. The zero-order chi connectivity index (χ0) is 41.3. The van der Waals surface area contributed by atoms with Gasteiger partial charge in [-0.25, -0.2) is 18.4 Å². The number of nitro benzene ring substituents is 1. The second-order valence-electron chi connectivity index (χ2n) is 14.8. The van der Waals surface area contributed by atoms with E-state index in [-0.39, 0.29) is 28.1 Å². The smallest absolute Gasteiger partial charge is 0.293 e. The van der Waals surface area contributed by atoms with E-state index in [2.05, 4.69) is 57.9 Å². The number of benzene rings is 4. The molecule has 2 aliphatic rings.